The Morgan fingerprint density at radius 1 is 0.591 bits per heavy atom. The minimum Gasteiger partial charge on any atom is -0.159 e. The molecule has 0 aliphatic heterocycles. The van der Waals surface area contributed by atoms with Crippen LogP contribution in [0.15, 0.2) is 58.7 Å². The molecular formula is C20H24N2. The lowest BCUT2D eigenvalue weighted by Gasteiger charge is -2.04. The Morgan fingerprint density at radius 2 is 0.909 bits per heavy atom. The third-order valence-electron chi connectivity index (χ3n) is 3.69. The number of hydrogen-bond acceptors (Lipinski definition) is 2. The van der Waals surface area contributed by atoms with Gasteiger partial charge in [-0.1, -0.05) is 76.2 Å². The van der Waals surface area contributed by atoms with E-state index in [9.17, 15) is 0 Å². The molecule has 0 amide bonds. The van der Waals surface area contributed by atoms with Crippen LogP contribution in [0.5, 0.6) is 0 Å². The standard InChI is InChI=1S/C20H24N2/c1-15(2)19-9-5-17(6-10-19)13-21-22-14-18-7-11-20(12-8-18)16(3)4/h5-16H,1-4H3/b21-13-,22-14+. The molecule has 0 saturated heterocycles. The fourth-order valence-electron chi connectivity index (χ4n) is 2.13. The van der Waals surface area contributed by atoms with Crippen LogP contribution in [0.2, 0.25) is 0 Å². The maximum absolute atomic E-state index is 4.11. The zero-order valence-electron chi connectivity index (χ0n) is 13.8. The molecule has 0 aliphatic rings. The van der Waals surface area contributed by atoms with Crippen molar-refractivity contribution in [3.05, 3.63) is 70.8 Å². The third-order valence-corrected chi connectivity index (χ3v) is 3.69. The highest BCUT2D eigenvalue weighted by atomic mass is 15.2. The first kappa shape index (κ1) is 16.2. The van der Waals surface area contributed by atoms with E-state index in [0.717, 1.165) is 11.1 Å². The molecule has 0 unspecified atom stereocenters. The zero-order valence-corrected chi connectivity index (χ0v) is 13.8. The number of benzene rings is 2. The normalized spacial score (nSPS) is 12.1. The van der Waals surface area contributed by atoms with Gasteiger partial charge in [-0.2, -0.15) is 10.2 Å². The Bertz CT molecular complexity index is 573. The van der Waals surface area contributed by atoms with Gasteiger partial charge in [0, 0.05) is 0 Å². The van der Waals surface area contributed by atoms with E-state index < -0.39 is 0 Å². The van der Waals surface area contributed by atoms with Crippen molar-refractivity contribution in [1.29, 1.82) is 0 Å². The third kappa shape index (κ3) is 4.66. The van der Waals surface area contributed by atoms with Crippen molar-refractivity contribution in [2.24, 2.45) is 10.2 Å². The van der Waals surface area contributed by atoms with Gasteiger partial charge in [-0.05, 0) is 34.1 Å². The first-order chi connectivity index (χ1) is 10.6. The molecule has 0 bridgehead atoms. The van der Waals surface area contributed by atoms with E-state index in [1.54, 1.807) is 12.4 Å². The summed E-state index contributed by atoms with van der Waals surface area (Å²) >= 11 is 0. The van der Waals surface area contributed by atoms with Gasteiger partial charge < -0.3 is 0 Å². The van der Waals surface area contributed by atoms with Crippen LogP contribution in [0.25, 0.3) is 0 Å². The van der Waals surface area contributed by atoms with Gasteiger partial charge in [0.1, 0.15) is 0 Å². The summed E-state index contributed by atoms with van der Waals surface area (Å²) in [7, 11) is 0. The lowest BCUT2D eigenvalue weighted by atomic mass is 10.0. The van der Waals surface area contributed by atoms with Crippen LogP contribution in [0, 0.1) is 0 Å². The predicted octanol–water partition coefficient (Wildman–Crippen LogP) is 5.39. The van der Waals surface area contributed by atoms with Crippen molar-refractivity contribution in [3.8, 4) is 0 Å². The topological polar surface area (TPSA) is 24.7 Å². The molecule has 0 fully saturated rings. The largest absolute Gasteiger partial charge is 0.159 e. The van der Waals surface area contributed by atoms with Gasteiger partial charge in [0.05, 0.1) is 12.4 Å². The van der Waals surface area contributed by atoms with E-state index in [4.69, 9.17) is 0 Å². The molecule has 0 saturated carbocycles. The van der Waals surface area contributed by atoms with Crippen LogP contribution in [0.3, 0.4) is 0 Å². The highest BCUT2D eigenvalue weighted by Crippen LogP contribution is 2.14. The number of rotatable bonds is 5. The quantitative estimate of drug-likeness (QED) is 0.521. The average molecular weight is 292 g/mol. The summed E-state index contributed by atoms with van der Waals surface area (Å²) in [5.74, 6) is 1.11. The molecule has 2 rings (SSSR count). The van der Waals surface area contributed by atoms with E-state index in [2.05, 4.69) is 86.4 Å². The molecule has 22 heavy (non-hydrogen) atoms. The molecule has 0 heterocycles. The fourth-order valence-corrected chi connectivity index (χ4v) is 2.13. The lowest BCUT2D eigenvalue weighted by molar-refractivity contribution is 0.866. The van der Waals surface area contributed by atoms with Crippen LogP contribution in [0.4, 0.5) is 0 Å². The first-order valence-corrected chi connectivity index (χ1v) is 7.82. The average Bonchev–Trinajstić information content (AvgIpc) is 2.52. The SMILES string of the molecule is CC(C)c1ccc(/C=N\N=C\c2ccc(C(C)C)cc2)cc1. The maximum Gasteiger partial charge on any atom is 0.0568 e. The van der Waals surface area contributed by atoms with Gasteiger partial charge in [0.2, 0.25) is 0 Å². The molecular weight excluding hydrogens is 268 g/mol. The van der Waals surface area contributed by atoms with Crippen LogP contribution >= 0.6 is 0 Å². The molecule has 0 radical (unpaired) electrons. The minimum atomic E-state index is 0.554. The molecule has 0 spiro atoms. The Labute approximate surface area is 133 Å². The minimum absolute atomic E-state index is 0.554. The molecule has 2 aromatic carbocycles. The maximum atomic E-state index is 4.11. The Morgan fingerprint density at radius 3 is 1.18 bits per heavy atom. The lowest BCUT2D eigenvalue weighted by Crippen LogP contribution is -1.88. The summed E-state index contributed by atoms with van der Waals surface area (Å²) in [6.45, 7) is 8.77. The van der Waals surface area contributed by atoms with Crippen molar-refractivity contribution in [3.63, 3.8) is 0 Å². The Balaban J connectivity index is 1.96. The van der Waals surface area contributed by atoms with Crippen molar-refractivity contribution < 1.29 is 0 Å². The predicted molar refractivity (Wildman–Crippen MR) is 96.3 cm³/mol. The number of nitrogens with zero attached hydrogens (tertiary/aromatic N) is 2. The van der Waals surface area contributed by atoms with E-state index in [1.165, 1.54) is 11.1 Å². The van der Waals surface area contributed by atoms with E-state index in [-0.39, 0.29) is 0 Å². The fraction of sp³-hybridized carbons (Fsp3) is 0.300. The Kier molecular flexibility index (Phi) is 5.65. The molecule has 114 valence electrons. The van der Waals surface area contributed by atoms with Crippen LogP contribution in [-0.2, 0) is 0 Å². The summed E-state index contributed by atoms with van der Waals surface area (Å²) in [5.41, 5.74) is 4.81. The zero-order chi connectivity index (χ0) is 15.9. The summed E-state index contributed by atoms with van der Waals surface area (Å²) in [6, 6.07) is 16.9. The highest BCUT2D eigenvalue weighted by molar-refractivity contribution is 5.82. The second-order valence-electron chi connectivity index (χ2n) is 6.13. The van der Waals surface area contributed by atoms with Gasteiger partial charge in [-0.3, -0.25) is 0 Å². The highest BCUT2D eigenvalue weighted by Gasteiger charge is 1.98. The van der Waals surface area contributed by atoms with E-state index in [0.29, 0.717) is 11.8 Å². The number of hydrogen-bond donors (Lipinski definition) is 0. The molecule has 2 aromatic rings. The molecule has 2 heteroatoms. The second-order valence-corrected chi connectivity index (χ2v) is 6.13. The summed E-state index contributed by atoms with van der Waals surface area (Å²) in [6.07, 6.45) is 3.56. The smallest absolute Gasteiger partial charge is 0.0568 e. The van der Waals surface area contributed by atoms with E-state index >= 15 is 0 Å². The van der Waals surface area contributed by atoms with Crippen molar-refractivity contribution in [2.75, 3.05) is 0 Å². The summed E-state index contributed by atoms with van der Waals surface area (Å²) in [5, 5.41) is 8.23. The van der Waals surface area contributed by atoms with Crippen LogP contribution < -0.4 is 0 Å². The van der Waals surface area contributed by atoms with Gasteiger partial charge >= 0.3 is 0 Å². The monoisotopic (exact) mass is 292 g/mol. The van der Waals surface area contributed by atoms with Crippen molar-refractivity contribution in [2.45, 2.75) is 39.5 Å². The first-order valence-electron chi connectivity index (χ1n) is 7.82. The summed E-state index contributed by atoms with van der Waals surface area (Å²) in [4.78, 5) is 0. The van der Waals surface area contributed by atoms with Gasteiger partial charge in [-0.15, -0.1) is 0 Å². The summed E-state index contributed by atoms with van der Waals surface area (Å²) < 4.78 is 0. The van der Waals surface area contributed by atoms with Crippen molar-refractivity contribution >= 4 is 12.4 Å². The Hall–Kier alpha value is -2.22. The molecule has 0 atom stereocenters. The molecule has 0 N–H and O–H groups in total. The van der Waals surface area contributed by atoms with Gasteiger partial charge in [0.25, 0.3) is 0 Å². The van der Waals surface area contributed by atoms with Crippen molar-refractivity contribution in [1.82, 2.24) is 0 Å². The molecule has 0 aliphatic carbocycles. The van der Waals surface area contributed by atoms with E-state index in [1.807, 2.05) is 0 Å². The van der Waals surface area contributed by atoms with Gasteiger partial charge in [0.15, 0.2) is 0 Å². The van der Waals surface area contributed by atoms with Crippen LogP contribution in [0.1, 0.15) is 61.8 Å². The van der Waals surface area contributed by atoms with Gasteiger partial charge in [-0.25, -0.2) is 0 Å². The second kappa shape index (κ2) is 7.69. The molecule has 0 aromatic heterocycles. The van der Waals surface area contributed by atoms with Crippen LogP contribution in [-0.4, -0.2) is 12.4 Å². The molecule has 2 nitrogen and oxygen atoms in total.